The number of fused-ring (bicyclic) bond motifs is 1. The van der Waals surface area contributed by atoms with E-state index in [0.717, 1.165) is 30.6 Å². The maximum atomic E-state index is 10.9. The van der Waals surface area contributed by atoms with Crippen LogP contribution in [0.4, 0.5) is 0 Å². The average molecular weight is 264 g/mol. The van der Waals surface area contributed by atoms with Gasteiger partial charge in [0.1, 0.15) is 5.75 Å². The summed E-state index contributed by atoms with van der Waals surface area (Å²) in [5.74, 6) is 0.810. The maximum Gasteiger partial charge on any atom is 0.119 e. The molecule has 0 aliphatic heterocycles. The van der Waals surface area contributed by atoms with Crippen molar-refractivity contribution in [2.24, 2.45) is 0 Å². The van der Waals surface area contributed by atoms with Gasteiger partial charge in [0.15, 0.2) is 0 Å². The third kappa shape index (κ3) is 2.93. The Hall–Kier alpha value is -1.06. The highest BCUT2D eigenvalue weighted by molar-refractivity contribution is 5.42. The first-order valence-corrected chi connectivity index (χ1v) is 6.85. The quantitative estimate of drug-likeness (QED) is 0.888. The van der Waals surface area contributed by atoms with Gasteiger partial charge >= 0.3 is 0 Å². The van der Waals surface area contributed by atoms with E-state index in [-0.39, 0.29) is 5.60 Å². The van der Waals surface area contributed by atoms with Crippen LogP contribution >= 0.6 is 0 Å². The molecule has 0 saturated heterocycles. The number of aliphatic hydroxyl groups is 1. The van der Waals surface area contributed by atoms with Gasteiger partial charge in [-0.05, 0) is 62.8 Å². The molecule has 1 aromatic carbocycles. The van der Waals surface area contributed by atoms with Gasteiger partial charge in [0.05, 0.1) is 18.3 Å². The standard InChI is InChI=1S/C16H24O3/c1-15(2,19-4)9-10-16(17)8-7-12-5-6-13(18-3)11-14(12)16/h5-6,11,17H,7-10H2,1-4H3. The Labute approximate surface area is 115 Å². The van der Waals surface area contributed by atoms with Crippen molar-refractivity contribution >= 4 is 0 Å². The Bertz CT molecular complexity index is 453. The molecule has 0 saturated carbocycles. The number of benzene rings is 1. The molecular weight excluding hydrogens is 240 g/mol. The molecule has 0 spiro atoms. The Morgan fingerprint density at radius 3 is 2.68 bits per heavy atom. The third-order valence-corrected chi connectivity index (χ3v) is 4.32. The number of hydrogen-bond donors (Lipinski definition) is 1. The lowest BCUT2D eigenvalue weighted by atomic mass is 9.87. The molecule has 0 heterocycles. The Balaban J connectivity index is 2.19. The predicted octanol–water partition coefficient (Wildman–Crippen LogP) is 3.03. The van der Waals surface area contributed by atoms with E-state index in [1.807, 2.05) is 12.1 Å². The monoisotopic (exact) mass is 264 g/mol. The summed E-state index contributed by atoms with van der Waals surface area (Å²) in [5.41, 5.74) is 1.33. The van der Waals surface area contributed by atoms with E-state index in [1.165, 1.54) is 5.56 Å². The highest BCUT2D eigenvalue weighted by Gasteiger charge is 2.38. The van der Waals surface area contributed by atoms with Crippen molar-refractivity contribution in [3.05, 3.63) is 29.3 Å². The van der Waals surface area contributed by atoms with E-state index in [9.17, 15) is 5.11 Å². The van der Waals surface area contributed by atoms with Gasteiger partial charge in [0.25, 0.3) is 0 Å². The molecule has 1 atom stereocenters. The molecule has 0 aromatic heterocycles. The molecule has 3 nitrogen and oxygen atoms in total. The predicted molar refractivity (Wildman–Crippen MR) is 75.5 cm³/mol. The Morgan fingerprint density at radius 1 is 1.32 bits per heavy atom. The summed E-state index contributed by atoms with van der Waals surface area (Å²) in [7, 11) is 3.37. The second kappa shape index (κ2) is 5.14. The molecule has 0 amide bonds. The third-order valence-electron chi connectivity index (χ3n) is 4.32. The van der Waals surface area contributed by atoms with Crippen molar-refractivity contribution in [2.45, 2.75) is 50.7 Å². The normalized spacial score (nSPS) is 22.4. The summed E-state index contributed by atoms with van der Waals surface area (Å²) < 4.78 is 10.7. The largest absolute Gasteiger partial charge is 0.497 e. The zero-order chi connectivity index (χ0) is 14.1. The number of methoxy groups -OCH3 is 2. The van der Waals surface area contributed by atoms with Crippen molar-refractivity contribution in [2.75, 3.05) is 14.2 Å². The number of hydrogen-bond acceptors (Lipinski definition) is 3. The molecule has 106 valence electrons. The minimum absolute atomic E-state index is 0.197. The van der Waals surface area contributed by atoms with Crippen LogP contribution < -0.4 is 4.74 Å². The fourth-order valence-corrected chi connectivity index (χ4v) is 2.68. The van der Waals surface area contributed by atoms with E-state index in [4.69, 9.17) is 9.47 Å². The lowest BCUT2D eigenvalue weighted by Crippen LogP contribution is -2.29. The summed E-state index contributed by atoms with van der Waals surface area (Å²) in [4.78, 5) is 0. The van der Waals surface area contributed by atoms with Gasteiger partial charge in [-0.25, -0.2) is 0 Å². The highest BCUT2D eigenvalue weighted by Crippen LogP contribution is 2.42. The van der Waals surface area contributed by atoms with Crippen molar-refractivity contribution in [3.8, 4) is 5.75 Å². The fraction of sp³-hybridized carbons (Fsp3) is 0.625. The van der Waals surface area contributed by atoms with Gasteiger partial charge in [-0.2, -0.15) is 0 Å². The SMILES string of the molecule is COc1ccc2c(c1)C(O)(CCC(C)(C)OC)CC2. The molecule has 1 aromatic rings. The minimum atomic E-state index is -0.736. The lowest BCUT2D eigenvalue weighted by molar-refractivity contribution is -0.0280. The van der Waals surface area contributed by atoms with Crippen molar-refractivity contribution in [3.63, 3.8) is 0 Å². The fourth-order valence-electron chi connectivity index (χ4n) is 2.68. The van der Waals surface area contributed by atoms with Crippen LogP contribution in [0, 0.1) is 0 Å². The molecule has 1 N–H and O–H groups in total. The Kier molecular flexibility index (Phi) is 3.88. The summed E-state index contributed by atoms with van der Waals surface area (Å²) in [5, 5.41) is 10.9. The number of ether oxygens (including phenoxy) is 2. The molecule has 0 bridgehead atoms. The van der Waals surface area contributed by atoms with Crippen LogP contribution in [0.2, 0.25) is 0 Å². The summed E-state index contributed by atoms with van der Waals surface area (Å²) in [6.07, 6.45) is 3.27. The van der Waals surface area contributed by atoms with E-state index in [0.29, 0.717) is 6.42 Å². The smallest absolute Gasteiger partial charge is 0.119 e. The molecule has 2 rings (SSSR count). The van der Waals surface area contributed by atoms with E-state index >= 15 is 0 Å². The molecule has 1 aliphatic carbocycles. The first kappa shape index (κ1) is 14.4. The van der Waals surface area contributed by atoms with Gasteiger partial charge in [-0.15, -0.1) is 0 Å². The van der Waals surface area contributed by atoms with Gasteiger partial charge in [0.2, 0.25) is 0 Å². The van der Waals surface area contributed by atoms with Crippen molar-refractivity contribution < 1.29 is 14.6 Å². The topological polar surface area (TPSA) is 38.7 Å². The van der Waals surface area contributed by atoms with E-state index in [2.05, 4.69) is 19.9 Å². The van der Waals surface area contributed by atoms with E-state index < -0.39 is 5.60 Å². The maximum absolute atomic E-state index is 10.9. The van der Waals surface area contributed by atoms with E-state index in [1.54, 1.807) is 14.2 Å². The molecule has 0 radical (unpaired) electrons. The molecule has 1 aliphatic rings. The first-order chi connectivity index (χ1) is 8.90. The zero-order valence-corrected chi connectivity index (χ0v) is 12.3. The highest BCUT2D eigenvalue weighted by atomic mass is 16.5. The molecular formula is C16H24O3. The Morgan fingerprint density at radius 2 is 2.05 bits per heavy atom. The van der Waals surface area contributed by atoms with Crippen LogP contribution in [0.3, 0.4) is 0 Å². The van der Waals surface area contributed by atoms with Crippen LogP contribution in [0.5, 0.6) is 5.75 Å². The summed E-state index contributed by atoms with van der Waals surface area (Å²) >= 11 is 0. The van der Waals surface area contributed by atoms with Crippen LogP contribution in [-0.4, -0.2) is 24.9 Å². The van der Waals surface area contributed by atoms with Gasteiger partial charge in [-0.1, -0.05) is 6.07 Å². The van der Waals surface area contributed by atoms with Crippen molar-refractivity contribution in [1.29, 1.82) is 0 Å². The average Bonchev–Trinajstić information content (AvgIpc) is 2.75. The van der Waals surface area contributed by atoms with Crippen LogP contribution in [0.15, 0.2) is 18.2 Å². The second-order valence-corrected chi connectivity index (χ2v) is 6.02. The molecule has 3 heteroatoms. The molecule has 1 unspecified atom stereocenters. The van der Waals surface area contributed by atoms with Crippen LogP contribution in [0.25, 0.3) is 0 Å². The van der Waals surface area contributed by atoms with Gasteiger partial charge in [-0.3, -0.25) is 0 Å². The van der Waals surface area contributed by atoms with Gasteiger partial charge in [0, 0.05) is 7.11 Å². The zero-order valence-electron chi connectivity index (χ0n) is 12.3. The summed E-state index contributed by atoms with van der Waals surface area (Å²) in [6.45, 7) is 4.11. The van der Waals surface area contributed by atoms with Crippen LogP contribution in [0.1, 0.15) is 44.2 Å². The van der Waals surface area contributed by atoms with Gasteiger partial charge < -0.3 is 14.6 Å². The lowest BCUT2D eigenvalue weighted by Gasteiger charge is -2.30. The second-order valence-electron chi connectivity index (χ2n) is 6.02. The number of rotatable bonds is 5. The first-order valence-electron chi connectivity index (χ1n) is 6.85. The number of aryl methyl sites for hydroxylation is 1. The molecule has 0 fully saturated rings. The van der Waals surface area contributed by atoms with Crippen LogP contribution in [-0.2, 0) is 16.8 Å². The van der Waals surface area contributed by atoms with Crippen molar-refractivity contribution in [1.82, 2.24) is 0 Å². The summed E-state index contributed by atoms with van der Waals surface area (Å²) in [6, 6.07) is 6.00. The minimum Gasteiger partial charge on any atom is -0.497 e. The molecule has 19 heavy (non-hydrogen) atoms.